The van der Waals surface area contributed by atoms with Crippen LogP contribution in [0.4, 0.5) is 0 Å². The Balaban J connectivity index is 0.00000176. The van der Waals surface area contributed by atoms with Gasteiger partial charge in [-0.15, -0.1) is 12.4 Å². The molecule has 1 amide bonds. The van der Waals surface area contributed by atoms with Crippen molar-refractivity contribution < 1.29 is 4.79 Å². The van der Waals surface area contributed by atoms with E-state index in [4.69, 9.17) is 0 Å². The van der Waals surface area contributed by atoms with E-state index in [2.05, 4.69) is 20.8 Å². The van der Waals surface area contributed by atoms with Gasteiger partial charge in [0.05, 0.1) is 6.20 Å². The summed E-state index contributed by atoms with van der Waals surface area (Å²) in [6, 6.07) is 7.64. The number of halogens is 1. The van der Waals surface area contributed by atoms with Crippen molar-refractivity contribution in [2.24, 2.45) is 5.92 Å². The van der Waals surface area contributed by atoms with Crippen LogP contribution < -0.4 is 10.6 Å². The Labute approximate surface area is 136 Å². The fourth-order valence-corrected chi connectivity index (χ4v) is 2.67. The van der Waals surface area contributed by atoms with Crippen LogP contribution in [0.15, 0.2) is 36.7 Å². The summed E-state index contributed by atoms with van der Waals surface area (Å²) >= 11 is 0. The van der Waals surface area contributed by atoms with Crippen LogP contribution in [0.25, 0.3) is 11.1 Å². The van der Waals surface area contributed by atoms with Gasteiger partial charge in [0.15, 0.2) is 0 Å². The van der Waals surface area contributed by atoms with Crippen LogP contribution in [0.1, 0.15) is 23.2 Å². The van der Waals surface area contributed by atoms with E-state index in [0.29, 0.717) is 11.5 Å². The Morgan fingerprint density at radius 1 is 1.27 bits per heavy atom. The smallest absolute Gasteiger partial charge is 0.251 e. The van der Waals surface area contributed by atoms with E-state index in [9.17, 15) is 4.79 Å². The monoisotopic (exact) mass is 320 g/mol. The summed E-state index contributed by atoms with van der Waals surface area (Å²) in [6.45, 7) is 2.86. The molecule has 0 unspecified atom stereocenters. The molecule has 1 fully saturated rings. The zero-order chi connectivity index (χ0) is 14.5. The summed E-state index contributed by atoms with van der Waals surface area (Å²) in [5.74, 6) is 0.589. The number of aromatic nitrogens is 2. The molecule has 2 aromatic rings. The number of aromatic amines is 1. The molecule has 118 valence electrons. The standard InChI is InChI=1S/C16H20N4O.ClH/c21-16(18-9-12-4-6-17-7-5-12)14-3-1-2-13(8-14)15-10-19-20-11-15;/h1-3,8,10-12,17H,4-7,9H2,(H,18,21)(H,19,20);1H. The number of piperidine rings is 1. The molecule has 0 aliphatic carbocycles. The van der Waals surface area contributed by atoms with Crippen molar-refractivity contribution in [3.8, 4) is 11.1 Å². The van der Waals surface area contributed by atoms with Crippen molar-refractivity contribution in [1.82, 2.24) is 20.8 Å². The number of benzene rings is 1. The highest BCUT2D eigenvalue weighted by Crippen LogP contribution is 2.19. The SMILES string of the molecule is Cl.O=C(NCC1CCNCC1)c1cccc(-c2cn[nH]c2)c1. The molecule has 2 heterocycles. The number of rotatable bonds is 4. The molecule has 0 bridgehead atoms. The molecule has 0 saturated carbocycles. The molecule has 1 aromatic carbocycles. The van der Waals surface area contributed by atoms with Gasteiger partial charge in [0.1, 0.15) is 0 Å². The van der Waals surface area contributed by atoms with Crippen molar-refractivity contribution in [3.63, 3.8) is 0 Å². The first-order valence-electron chi connectivity index (χ1n) is 7.41. The van der Waals surface area contributed by atoms with Crippen molar-refractivity contribution in [2.75, 3.05) is 19.6 Å². The van der Waals surface area contributed by atoms with E-state index < -0.39 is 0 Å². The van der Waals surface area contributed by atoms with Crippen LogP contribution in [0.2, 0.25) is 0 Å². The quantitative estimate of drug-likeness (QED) is 0.809. The molecule has 1 aromatic heterocycles. The Morgan fingerprint density at radius 2 is 2.09 bits per heavy atom. The highest BCUT2D eigenvalue weighted by atomic mass is 35.5. The average molecular weight is 321 g/mol. The van der Waals surface area contributed by atoms with Gasteiger partial charge < -0.3 is 10.6 Å². The van der Waals surface area contributed by atoms with Gasteiger partial charge in [-0.05, 0) is 49.5 Å². The number of carbonyl (C=O) groups excluding carboxylic acids is 1. The number of carbonyl (C=O) groups is 1. The van der Waals surface area contributed by atoms with E-state index >= 15 is 0 Å². The fourth-order valence-electron chi connectivity index (χ4n) is 2.67. The van der Waals surface area contributed by atoms with Gasteiger partial charge in [-0.2, -0.15) is 5.10 Å². The molecule has 3 rings (SSSR count). The molecular weight excluding hydrogens is 300 g/mol. The van der Waals surface area contributed by atoms with E-state index in [1.807, 2.05) is 30.5 Å². The minimum Gasteiger partial charge on any atom is -0.352 e. The summed E-state index contributed by atoms with van der Waals surface area (Å²) in [5, 5.41) is 13.1. The van der Waals surface area contributed by atoms with Crippen LogP contribution in [0, 0.1) is 5.92 Å². The lowest BCUT2D eigenvalue weighted by Crippen LogP contribution is -2.35. The largest absolute Gasteiger partial charge is 0.352 e. The van der Waals surface area contributed by atoms with E-state index in [1.165, 1.54) is 0 Å². The second-order valence-corrected chi connectivity index (χ2v) is 5.47. The topological polar surface area (TPSA) is 69.8 Å². The third kappa shape index (κ3) is 4.08. The Hall–Kier alpha value is -1.85. The van der Waals surface area contributed by atoms with Crippen LogP contribution in [0.3, 0.4) is 0 Å². The van der Waals surface area contributed by atoms with E-state index in [-0.39, 0.29) is 18.3 Å². The van der Waals surface area contributed by atoms with Gasteiger partial charge in [0.2, 0.25) is 0 Å². The highest BCUT2D eigenvalue weighted by molar-refractivity contribution is 5.95. The lowest BCUT2D eigenvalue weighted by atomic mass is 9.98. The van der Waals surface area contributed by atoms with Gasteiger partial charge >= 0.3 is 0 Å². The summed E-state index contributed by atoms with van der Waals surface area (Å²) < 4.78 is 0. The predicted octanol–water partition coefficient (Wildman–Crippen LogP) is 2.23. The lowest BCUT2D eigenvalue weighted by molar-refractivity contribution is 0.0944. The van der Waals surface area contributed by atoms with Crippen LogP contribution in [-0.4, -0.2) is 35.7 Å². The molecule has 5 nitrogen and oxygen atoms in total. The first-order chi connectivity index (χ1) is 10.3. The predicted molar refractivity (Wildman–Crippen MR) is 89.2 cm³/mol. The number of H-pyrrole nitrogens is 1. The first kappa shape index (κ1) is 16.5. The molecule has 6 heteroatoms. The number of nitrogens with one attached hydrogen (secondary N) is 3. The summed E-state index contributed by atoms with van der Waals surface area (Å²) in [7, 11) is 0. The average Bonchev–Trinajstić information content (AvgIpc) is 3.08. The maximum Gasteiger partial charge on any atom is 0.251 e. The minimum absolute atomic E-state index is 0. The maximum atomic E-state index is 12.3. The van der Waals surface area contributed by atoms with Gasteiger partial charge in [0.25, 0.3) is 5.91 Å². The second kappa shape index (κ2) is 7.96. The van der Waals surface area contributed by atoms with Crippen LogP contribution in [-0.2, 0) is 0 Å². The van der Waals surface area contributed by atoms with Gasteiger partial charge in [0, 0.05) is 23.9 Å². The zero-order valence-electron chi connectivity index (χ0n) is 12.3. The summed E-state index contributed by atoms with van der Waals surface area (Å²) in [6.07, 6.45) is 5.85. The van der Waals surface area contributed by atoms with Crippen LogP contribution in [0.5, 0.6) is 0 Å². The number of hydrogen-bond acceptors (Lipinski definition) is 3. The molecule has 0 spiro atoms. The zero-order valence-corrected chi connectivity index (χ0v) is 13.2. The van der Waals surface area contributed by atoms with Gasteiger partial charge in [-0.25, -0.2) is 0 Å². The van der Waals surface area contributed by atoms with E-state index in [0.717, 1.165) is 43.6 Å². The number of amides is 1. The molecule has 1 aliphatic heterocycles. The molecule has 1 aliphatic rings. The summed E-state index contributed by atoms with van der Waals surface area (Å²) in [5.41, 5.74) is 2.68. The third-order valence-electron chi connectivity index (χ3n) is 3.97. The van der Waals surface area contributed by atoms with E-state index in [1.54, 1.807) is 6.20 Å². The van der Waals surface area contributed by atoms with Crippen molar-refractivity contribution in [2.45, 2.75) is 12.8 Å². The molecule has 22 heavy (non-hydrogen) atoms. The number of nitrogens with zero attached hydrogens (tertiary/aromatic N) is 1. The first-order valence-corrected chi connectivity index (χ1v) is 7.41. The molecular formula is C16H21ClN4O. The molecule has 1 saturated heterocycles. The van der Waals surface area contributed by atoms with Crippen LogP contribution >= 0.6 is 12.4 Å². The fraction of sp³-hybridized carbons (Fsp3) is 0.375. The van der Waals surface area contributed by atoms with Crippen molar-refractivity contribution in [3.05, 3.63) is 42.2 Å². The summed E-state index contributed by atoms with van der Waals surface area (Å²) in [4.78, 5) is 12.3. The minimum atomic E-state index is -0.00104. The molecule has 0 radical (unpaired) electrons. The highest BCUT2D eigenvalue weighted by Gasteiger charge is 2.14. The van der Waals surface area contributed by atoms with Gasteiger partial charge in [-0.1, -0.05) is 12.1 Å². The lowest BCUT2D eigenvalue weighted by Gasteiger charge is -2.22. The number of hydrogen-bond donors (Lipinski definition) is 3. The Bertz CT molecular complexity index is 594. The third-order valence-corrected chi connectivity index (χ3v) is 3.97. The molecule has 3 N–H and O–H groups in total. The van der Waals surface area contributed by atoms with Gasteiger partial charge in [-0.3, -0.25) is 9.89 Å². The van der Waals surface area contributed by atoms with Crippen molar-refractivity contribution >= 4 is 18.3 Å². The normalized spacial score (nSPS) is 15.1. The Morgan fingerprint density at radius 3 is 2.82 bits per heavy atom. The molecule has 0 atom stereocenters. The second-order valence-electron chi connectivity index (χ2n) is 5.47. The Kier molecular flexibility index (Phi) is 5.98. The van der Waals surface area contributed by atoms with Crippen molar-refractivity contribution in [1.29, 1.82) is 0 Å². The maximum absolute atomic E-state index is 12.3.